The average Bonchev–Trinajstić information content (AvgIpc) is 2.13. The van der Waals surface area contributed by atoms with E-state index in [2.05, 4.69) is 12.2 Å². The summed E-state index contributed by atoms with van der Waals surface area (Å²) < 4.78 is 23.0. The summed E-state index contributed by atoms with van der Waals surface area (Å²) >= 11 is 0. The van der Waals surface area contributed by atoms with E-state index in [1.165, 1.54) is 0 Å². The summed E-state index contributed by atoms with van der Waals surface area (Å²) in [5.41, 5.74) is 5.32. The van der Waals surface area contributed by atoms with Gasteiger partial charge in [0, 0.05) is 12.1 Å². The lowest BCUT2D eigenvalue weighted by Crippen LogP contribution is -2.58. The lowest BCUT2D eigenvalue weighted by molar-refractivity contribution is 0.328. The molecule has 0 aromatic carbocycles. The van der Waals surface area contributed by atoms with Gasteiger partial charge in [-0.1, -0.05) is 6.92 Å². The van der Waals surface area contributed by atoms with E-state index in [1.807, 2.05) is 0 Å². The van der Waals surface area contributed by atoms with Crippen LogP contribution in [0.1, 0.15) is 26.2 Å². The quantitative estimate of drug-likeness (QED) is 0.693. The van der Waals surface area contributed by atoms with Crippen molar-refractivity contribution in [3.05, 3.63) is 0 Å². The van der Waals surface area contributed by atoms with E-state index in [0.717, 1.165) is 25.8 Å². The minimum absolute atomic E-state index is 0.205. The maximum atomic E-state index is 11.5. The zero-order chi connectivity index (χ0) is 10.7. The molecular formula is C9H20N2O2S. The number of hydrogen-bond acceptors (Lipinski definition) is 4. The molecule has 0 amide bonds. The second-order valence-corrected chi connectivity index (χ2v) is 6.29. The summed E-state index contributed by atoms with van der Waals surface area (Å²) in [5.74, 6) is 0.527. The van der Waals surface area contributed by atoms with Gasteiger partial charge in [-0.3, -0.25) is 0 Å². The van der Waals surface area contributed by atoms with Crippen molar-refractivity contribution < 1.29 is 8.42 Å². The Kier molecular flexibility index (Phi) is 3.92. The van der Waals surface area contributed by atoms with E-state index in [9.17, 15) is 8.42 Å². The van der Waals surface area contributed by atoms with Gasteiger partial charge in [0.15, 0.2) is 9.84 Å². The molecule has 0 bridgehead atoms. The largest absolute Gasteiger partial charge is 0.329 e. The Balaban J connectivity index is 2.68. The van der Waals surface area contributed by atoms with Gasteiger partial charge in [-0.05, 0) is 25.8 Å². The molecule has 1 rings (SSSR count). The molecule has 0 aromatic heterocycles. The number of nitrogens with one attached hydrogen (secondary N) is 1. The smallest absolute Gasteiger partial charge is 0.152 e. The molecule has 0 saturated carbocycles. The minimum atomic E-state index is -2.88. The molecule has 4 nitrogen and oxygen atoms in total. The third kappa shape index (κ3) is 2.93. The number of rotatable bonds is 4. The van der Waals surface area contributed by atoms with Crippen molar-refractivity contribution in [3.63, 3.8) is 0 Å². The Hall–Kier alpha value is -0.130. The molecule has 14 heavy (non-hydrogen) atoms. The van der Waals surface area contributed by atoms with Gasteiger partial charge >= 0.3 is 0 Å². The van der Waals surface area contributed by atoms with Crippen LogP contribution in [0.25, 0.3) is 0 Å². The van der Waals surface area contributed by atoms with Crippen molar-refractivity contribution in [1.29, 1.82) is 0 Å². The van der Waals surface area contributed by atoms with Gasteiger partial charge < -0.3 is 11.1 Å². The third-order valence-electron chi connectivity index (χ3n) is 2.75. The molecule has 1 heterocycles. The lowest BCUT2D eigenvalue weighted by atomic mass is 9.95. The summed E-state index contributed by atoms with van der Waals surface area (Å²) in [6, 6.07) is 0. The number of hydrogen-bond donors (Lipinski definition) is 2. The summed E-state index contributed by atoms with van der Waals surface area (Å²) in [6.07, 6.45) is 2.61. The first kappa shape index (κ1) is 11.9. The first-order valence-electron chi connectivity index (χ1n) is 5.19. The summed E-state index contributed by atoms with van der Waals surface area (Å²) in [7, 11) is -2.88. The van der Waals surface area contributed by atoms with Crippen molar-refractivity contribution in [2.45, 2.75) is 31.7 Å². The van der Waals surface area contributed by atoms with Crippen LogP contribution in [0.5, 0.6) is 0 Å². The van der Waals surface area contributed by atoms with E-state index in [-0.39, 0.29) is 11.3 Å². The highest BCUT2D eigenvalue weighted by atomic mass is 32.2. The Bertz CT molecular complexity index is 277. The van der Waals surface area contributed by atoms with Crippen molar-refractivity contribution in [3.8, 4) is 0 Å². The van der Waals surface area contributed by atoms with Gasteiger partial charge in [0.1, 0.15) is 0 Å². The van der Waals surface area contributed by atoms with Gasteiger partial charge in [0.25, 0.3) is 0 Å². The van der Waals surface area contributed by atoms with Gasteiger partial charge in [-0.2, -0.15) is 0 Å². The third-order valence-corrected chi connectivity index (χ3v) is 4.65. The Labute approximate surface area is 86.2 Å². The van der Waals surface area contributed by atoms with E-state index in [4.69, 9.17) is 5.73 Å². The fourth-order valence-electron chi connectivity index (χ4n) is 1.96. The molecule has 0 aromatic rings. The maximum Gasteiger partial charge on any atom is 0.152 e. The van der Waals surface area contributed by atoms with Crippen molar-refractivity contribution in [2.24, 2.45) is 5.73 Å². The van der Waals surface area contributed by atoms with Crippen LogP contribution in [0.4, 0.5) is 0 Å². The fraction of sp³-hybridized carbons (Fsp3) is 1.00. The molecule has 3 N–H and O–H groups in total. The van der Waals surface area contributed by atoms with Gasteiger partial charge in [0.2, 0.25) is 0 Å². The predicted molar refractivity (Wildman–Crippen MR) is 58.0 cm³/mol. The van der Waals surface area contributed by atoms with Crippen LogP contribution in [0.2, 0.25) is 0 Å². The Morgan fingerprint density at radius 2 is 2.21 bits per heavy atom. The highest BCUT2D eigenvalue weighted by Crippen LogP contribution is 2.21. The standard InChI is InChI=1S/C9H20N2O2S/c1-2-5-11-9(7-10)4-3-6-14(12,13)8-9/h11H,2-8,10H2,1H3. The summed E-state index contributed by atoms with van der Waals surface area (Å²) in [4.78, 5) is 0. The molecule has 1 saturated heterocycles. The molecule has 0 spiro atoms. The van der Waals surface area contributed by atoms with Crippen LogP contribution >= 0.6 is 0 Å². The van der Waals surface area contributed by atoms with Crippen molar-refractivity contribution in [1.82, 2.24) is 5.32 Å². The molecule has 0 radical (unpaired) electrons. The van der Waals surface area contributed by atoms with Crippen molar-refractivity contribution in [2.75, 3.05) is 24.6 Å². The normalized spacial score (nSPS) is 31.6. The highest BCUT2D eigenvalue weighted by molar-refractivity contribution is 7.91. The van der Waals surface area contributed by atoms with Gasteiger partial charge in [-0.15, -0.1) is 0 Å². The first-order chi connectivity index (χ1) is 6.54. The van der Waals surface area contributed by atoms with Crippen LogP contribution in [0, 0.1) is 0 Å². The SMILES string of the molecule is CCCNC1(CN)CCCS(=O)(=O)C1. The van der Waals surface area contributed by atoms with E-state index >= 15 is 0 Å². The van der Waals surface area contributed by atoms with E-state index in [0.29, 0.717) is 12.3 Å². The van der Waals surface area contributed by atoms with Crippen LogP contribution in [-0.2, 0) is 9.84 Å². The molecule has 0 aliphatic carbocycles. The molecule has 1 unspecified atom stereocenters. The lowest BCUT2D eigenvalue weighted by Gasteiger charge is -2.36. The minimum Gasteiger partial charge on any atom is -0.329 e. The average molecular weight is 220 g/mol. The van der Waals surface area contributed by atoms with Crippen LogP contribution in [0.3, 0.4) is 0 Å². The van der Waals surface area contributed by atoms with Gasteiger partial charge in [0.05, 0.1) is 11.5 Å². The number of nitrogens with two attached hydrogens (primary N) is 1. The Morgan fingerprint density at radius 1 is 1.50 bits per heavy atom. The van der Waals surface area contributed by atoms with E-state index in [1.54, 1.807) is 0 Å². The topological polar surface area (TPSA) is 72.2 Å². The molecule has 84 valence electrons. The molecule has 1 fully saturated rings. The second kappa shape index (κ2) is 4.59. The molecule has 1 atom stereocenters. The molecular weight excluding hydrogens is 200 g/mol. The number of sulfone groups is 1. The van der Waals surface area contributed by atoms with Crippen LogP contribution in [-0.4, -0.2) is 38.6 Å². The van der Waals surface area contributed by atoms with Crippen LogP contribution in [0.15, 0.2) is 0 Å². The van der Waals surface area contributed by atoms with E-state index < -0.39 is 9.84 Å². The first-order valence-corrected chi connectivity index (χ1v) is 7.01. The second-order valence-electron chi connectivity index (χ2n) is 4.11. The maximum absolute atomic E-state index is 11.5. The van der Waals surface area contributed by atoms with Crippen molar-refractivity contribution >= 4 is 9.84 Å². The zero-order valence-electron chi connectivity index (χ0n) is 8.75. The Morgan fingerprint density at radius 3 is 2.71 bits per heavy atom. The highest BCUT2D eigenvalue weighted by Gasteiger charge is 2.37. The molecule has 1 aliphatic rings. The monoisotopic (exact) mass is 220 g/mol. The van der Waals surface area contributed by atoms with Gasteiger partial charge in [-0.25, -0.2) is 8.42 Å². The summed E-state index contributed by atoms with van der Waals surface area (Å²) in [5, 5.41) is 3.29. The molecule has 5 heteroatoms. The summed E-state index contributed by atoms with van der Waals surface area (Å²) in [6.45, 7) is 3.31. The zero-order valence-corrected chi connectivity index (χ0v) is 9.57. The predicted octanol–water partition coefficient (Wildman–Crippen LogP) is -0.108. The molecule has 1 aliphatic heterocycles. The fourth-order valence-corrected chi connectivity index (χ4v) is 3.89. The van der Waals surface area contributed by atoms with Crippen LogP contribution < -0.4 is 11.1 Å².